The smallest absolute Gasteiger partial charge is 0.254 e. The van der Waals surface area contributed by atoms with Gasteiger partial charge in [-0.05, 0) is 36.2 Å². The van der Waals surface area contributed by atoms with E-state index in [-0.39, 0.29) is 30.6 Å². The summed E-state index contributed by atoms with van der Waals surface area (Å²) in [5.41, 5.74) is 1.82. The fourth-order valence-electron chi connectivity index (χ4n) is 2.68. The lowest BCUT2D eigenvalue weighted by Gasteiger charge is -2.14. The summed E-state index contributed by atoms with van der Waals surface area (Å²) < 4.78 is 0. The van der Waals surface area contributed by atoms with Crippen LogP contribution in [0.15, 0.2) is 48.5 Å². The molecule has 1 aliphatic rings. The Hall–Kier alpha value is -2.86. The van der Waals surface area contributed by atoms with Gasteiger partial charge >= 0.3 is 0 Å². The molecule has 0 fully saturated rings. The van der Waals surface area contributed by atoms with Gasteiger partial charge in [-0.25, -0.2) is 0 Å². The normalized spacial score (nSPS) is 16.1. The largest absolute Gasteiger partial charge is 0.352 e. The highest BCUT2D eigenvalue weighted by Gasteiger charge is 2.27. The van der Waals surface area contributed by atoms with E-state index < -0.39 is 6.04 Å². The lowest BCUT2D eigenvalue weighted by Crippen LogP contribution is -2.42. The highest BCUT2D eigenvalue weighted by molar-refractivity contribution is 6.30. The van der Waals surface area contributed by atoms with Crippen LogP contribution >= 0.6 is 11.6 Å². The maximum Gasteiger partial charge on any atom is 0.254 e. The highest BCUT2D eigenvalue weighted by atomic mass is 35.5. The van der Waals surface area contributed by atoms with E-state index in [0.717, 1.165) is 5.56 Å². The van der Waals surface area contributed by atoms with Gasteiger partial charge in [0.2, 0.25) is 11.8 Å². The van der Waals surface area contributed by atoms with E-state index in [4.69, 9.17) is 11.6 Å². The average Bonchev–Trinajstić information content (AvgIpc) is 2.76. The van der Waals surface area contributed by atoms with Gasteiger partial charge in [0, 0.05) is 18.0 Å². The minimum Gasteiger partial charge on any atom is -0.352 e. The molecule has 2 aromatic rings. The number of hydrogen-bond donors (Lipinski definition) is 3. The summed E-state index contributed by atoms with van der Waals surface area (Å²) in [5.74, 6) is -0.844. The van der Waals surface area contributed by atoms with Crippen LogP contribution in [0, 0.1) is 0 Å². The van der Waals surface area contributed by atoms with Crippen molar-refractivity contribution in [3.63, 3.8) is 0 Å². The fraction of sp³-hybridized carbons (Fsp3) is 0.211. The Morgan fingerprint density at radius 3 is 2.58 bits per heavy atom. The molecule has 0 spiro atoms. The molecular weight excluding hydrogens is 354 g/mol. The number of rotatable bonds is 5. The van der Waals surface area contributed by atoms with Crippen LogP contribution in [0.5, 0.6) is 0 Å². The molecule has 1 atom stereocenters. The number of halogens is 1. The Morgan fingerprint density at radius 2 is 1.81 bits per heavy atom. The zero-order chi connectivity index (χ0) is 18.5. The Balaban J connectivity index is 1.52. The number of carbonyl (C=O) groups excluding carboxylic acids is 3. The zero-order valence-electron chi connectivity index (χ0n) is 13.9. The van der Waals surface area contributed by atoms with Crippen molar-refractivity contribution in [1.29, 1.82) is 0 Å². The first-order chi connectivity index (χ1) is 12.5. The van der Waals surface area contributed by atoms with Crippen LogP contribution in [-0.2, 0) is 16.1 Å². The summed E-state index contributed by atoms with van der Waals surface area (Å²) in [4.78, 5) is 36.5. The Morgan fingerprint density at radius 1 is 1.08 bits per heavy atom. The molecule has 0 bridgehead atoms. The first-order valence-electron chi connectivity index (χ1n) is 8.25. The number of para-hydroxylation sites is 1. The van der Waals surface area contributed by atoms with Gasteiger partial charge in [0.25, 0.3) is 5.91 Å². The summed E-state index contributed by atoms with van der Waals surface area (Å²) in [6, 6.07) is 13.2. The molecule has 0 aliphatic carbocycles. The van der Waals surface area contributed by atoms with Crippen LogP contribution in [-0.4, -0.2) is 23.8 Å². The molecule has 1 aliphatic heterocycles. The second-order valence-corrected chi connectivity index (χ2v) is 6.44. The minimum absolute atomic E-state index is 0.127. The molecule has 0 unspecified atom stereocenters. The first-order valence-corrected chi connectivity index (χ1v) is 8.62. The third-order valence-electron chi connectivity index (χ3n) is 4.11. The van der Waals surface area contributed by atoms with Crippen LogP contribution in [0.1, 0.15) is 28.8 Å². The van der Waals surface area contributed by atoms with Crippen LogP contribution in [0.2, 0.25) is 5.02 Å². The van der Waals surface area contributed by atoms with Gasteiger partial charge < -0.3 is 16.0 Å². The second kappa shape index (κ2) is 8.01. The molecule has 3 rings (SSSR count). The number of hydrogen-bond acceptors (Lipinski definition) is 3. The summed E-state index contributed by atoms with van der Waals surface area (Å²) in [6.07, 6.45) is 0.348. The summed E-state index contributed by atoms with van der Waals surface area (Å²) in [6.45, 7) is 0.380. The lowest BCUT2D eigenvalue weighted by molar-refractivity contribution is -0.122. The maximum absolute atomic E-state index is 12.3. The summed E-state index contributed by atoms with van der Waals surface area (Å²) in [5, 5.41) is 8.82. The highest BCUT2D eigenvalue weighted by Crippen LogP contribution is 2.19. The van der Waals surface area contributed by atoms with E-state index in [0.29, 0.717) is 22.8 Å². The molecule has 0 saturated heterocycles. The van der Waals surface area contributed by atoms with E-state index >= 15 is 0 Å². The van der Waals surface area contributed by atoms with Crippen LogP contribution in [0.4, 0.5) is 5.69 Å². The van der Waals surface area contributed by atoms with Gasteiger partial charge in [-0.1, -0.05) is 35.9 Å². The van der Waals surface area contributed by atoms with Gasteiger partial charge in [-0.2, -0.15) is 0 Å². The van der Waals surface area contributed by atoms with E-state index in [2.05, 4.69) is 16.0 Å². The summed E-state index contributed by atoms with van der Waals surface area (Å²) >= 11 is 5.82. The molecule has 134 valence electrons. The molecule has 2 aromatic carbocycles. The van der Waals surface area contributed by atoms with Crippen molar-refractivity contribution >= 4 is 35.0 Å². The standard InChI is InChI=1S/C19H18ClN3O3/c20-13-7-5-12(6-8-13)11-21-17(24)10-9-16-19(26)22-15-4-2-1-3-14(15)18(25)23-16/h1-8,16H,9-11H2,(H,21,24)(H,22,26)(H,23,25)/t16-/m0/s1. The Labute approximate surface area is 155 Å². The molecule has 0 radical (unpaired) electrons. The predicted octanol–water partition coefficient (Wildman–Crippen LogP) is 2.49. The number of carbonyl (C=O) groups is 3. The van der Waals surface area contributed by atoms with Gasteiger partial charge in [0.05, 0.1) is 11.3 Å². The van der Waals surface area contributed by atoms with Crippen molar-refractivity contribution in [2.75, 3.05) is 5.32 Å². The number of benzene rings is 2. The number of anilines is 1. The number of fused-ring (bicyclic) bond motifs is 1. The van der Waals surface area contributed by atoms with Crippen molar-refractivity contribution in [2.45, 2.75) is 25.4 Å². The van der Waals surface area contributed by atoms with Gasteiger partial charge in [0.15, 0.2) is 0 Å². The quantitative estimate of drug-likeness (QED) is 0.754. The number of nitrogens with one attached hydrogen (secondary N) is 3. The number of amides is 3. The third-order valence-corrected chi connectivity index (χ3v) is 4.37. The molecule has 3 amide bonds. The summed E-state index contributed by atoms with van der Waals surface area (Å²) in [7, 11) is 0. The Kier molecular flexibility index (Phi) is 5.53. The van der Waals surface area contributed by atoms with E-state index in [1.54, 1.807) is 36.4 Å². The fourth-order valence-corrected chi connectivity index (χ4v) is 2.81. The molecule has 7 heteroatoms. The van der Waals surface area contributed by atoms with Crippen molar-refractivity contribution in [2.24, 2.45) is 0 Å². The molecule has 1 heterocycles. The SMILES string of the molecule is O=C(CC[C@@H]1NC(=O)c2ccccc2NC1=O)NCc1ccc(Cl)cc1. The van der Waals surface area contributed by atoms with Crippen LogP contribution in [0.25, 0.3) is 0 Å². The molecule has 6 nitrogen and oxygen atoms in total. The van der Waals surface area contributed by atoms with E-state index in [1.165, 1.54) is 0 Å². The van der Waals surface area contributed by atoms with Crippen molar-refractivity contribution < 1.29 is 14.4 Å². The zero-order valence-corrected chi connectivity index (χ0v) is 14.7. The van der Waals surface area contributed by atoms with Gasteiger partial charge in [-0.3, -0.25) is 14.4 Å². The van der Waals surface area contributed by atoms with Crippen molar-refractivity contribution in [1.82, 2.24) is 10.6 Å². The maximum atomic E-state index is 12.3. The topological polar surface area (TPSA) is 87.3 Å². The van der Waals surface area contributed by atoms with Crippen molar-refractivity contribution in [3.05, 3.63) is 64.7 Å². The third kappa shape index (κ3) is 4.40. The van der Waals surface area contributed by atoms with Crippen LogP contribution in [0.3, 0.4) is 0 Å². The minimum atomic E-state index is -0.754. The van der Waals surface area contributed by atoms with E-state index in [1.807, 2.05) is 12.1 Å². The second-order valence-electron chi connectivity index (χ2n) is 6.00. The van der Waals surface area contributed by atoms with E-state index in [9.17, 15) is 14.4 Å². The molecule has 0 saturated carbocycles. The first kappa shape index (κ1) is 17.9. The van der Waals surface area contributed by atoms with Gasteiger partial charge in [0.1, 0.15) is 6.04 Å². The lowest BCUT2D eigenvalue weighted by atomic mass is 10.1. The monoisotopic (exact) mass is 371 g/mol. The van der Waals surface area contributed by atoms with Crippen molar-refractivity contribution in [3.8, 4) is 0 Å². The van der Waals surface area contributed by atoms with Gasteiger partial charge in [-0.15, -0.1) is 0 Å². The molecule has 0 aromatic heterocycles. The molecule has 26 heavy (non-hydrogen) atoms. The molecule has 3 N–H and O–H groups in total. The molecular formula is C19H18ClN3O3. The predicted molar refractivity (Wildman–Crippen MR) is 98.9 cm³/mol. The van der Waals surface area contributed by atoms with Crippen LogP contribution < -0.4 is 16.0 Å². The average molecular weight is 372 g/mol. The Bertz CT molecular complexity index is 836.